The summed E-state index contributed by atoms with van der Waals surface area (Å²) in [6.45, 7) is 3.00. The van der Waals surface area contributed by atoms with Crippen LogP contribution in [0.3, 0.4) is 0 Å². The van der Waals surface area contributed by atoms with E-state index >= 15 is 0 Å². The average molecular weight is 157 g/mol. The van der Waals surface area contributed by atoms with Crippen LogP contribution in [0.2, 0.25) is 0 Å². The number of nitrogens with one attached hydrogen (secondary N) is 3. The molecule has 1 fully saturated rings. The SMILES string of the molecule is CNC(=O)NC1CNC(C)C1. The van der Waals surface area contributed by atoms with Crippen LogP contribution in [0.4, 0.5) is 4.79 Å². The van der Waals surface area contributed by atoms with E-state index in [9.17, 15) is 4.79 Å². The molecule has 1 aliphatic rings. The largest absolute Gasteiger partial charge is 0.341 e. The molecule has 1 saturated heterocycles. The van der Waals surface area contributed by atoms with E-state index in [0.29, 0.717) is 12.1 Å². The minimum absolute atomic E-state index is 0.0918. The summed E-state index contributed by atoms with van der Waals surface area (Å²) in [5.74, 6) is 0. The minimum atomic E-state index is -0.0918. The summed E-state index contributed by atoms with van der Waals surface area (Å²) >= 11 is 0. The molecule has 0 bridgehead atoms. The van der Waals surface area contributed by atoms with Gasteiger partial charge in [-0.25, -0.2) is 4.79 Å². The molecular weight excluding hydrogens is 142 g/mol. The van der Waals surface area contributed by atoms with Crippen LogP contribution in [0, 0.1) is 0 Å². The number of carbonyl (C=O) groups is 1. The van der Waals surface area contributed by atoms with Gasteiger partial charge in [0.1, 0.15) is 0 Å². The first-order valence-electron chi connectivity index (χ1n) is 3.94. The molecule has 2 unspecified atom stereocenters. The number of hydrogen-bond donors (Lipinski definition) is 3. The molecule has 2 amide bonds. The summed E-state index contributed by atoms with van der Waals surface area (Å²) in [4.78, 5) is 10.8. The lowest BCUT2D eigenvalue weighted by Gasteiger charge is -2.09. The van der Waals surface area contributed by atoms with Crippen molar-refractivity contribution < 1.29 is 4.79 Å². The van der Waals surface area contributed by atoms with E-state index in [4.69, 9.17) is 0 Å². The number of carbonyl (C=O) groups excluding carboxylic acids is 1. The molecule has 1 aliphatic heterocycles. The van der Waals surface area contributed by atoms with E-state index in [1.165, 1.54) is 0 Å². The van der Waals surface area contributed by atoms with E-state index in [2.05, 4.69) is 22.9 Å². The van der Waals surface area contributed by atoms with Gasteiger partial charge in [0.25, 0.3) is 0 Å². The van der Waals surface area contributed by atoms with Crippen molar-refractivity contribution in [3.63, 3.8) is 0 Å². The molecule has 2 atom stereocenters. The zero-order valence-corrected chi connectivity index (χ0v) is 6.98. The molecule has 0 aliphatic carbocycles. The fourth-order valence-corrected chi connectivity index (χ4v) is 1.30. The van der Waals surface area contributed by atoms with E-state index in [1.807, 2.05) is 0 Å². The Morgan fingerprint density at radius 3 is 2.82 bits per heavy atom. The molecular formula is C7H15N3O. The van der Waals surface area contributed by atoms with Gasteiger partial charge in [-0.2, -0.15) is 0 Å². The van der Waals surface area contributed by atoms with Gasteiger partial charge < -0.3 is 16.0 Å². The first-order chi connectivity index (χ1) is 5.22. The Kier molecular flexibility index (Phi) is 2.70. The van der Waals surface area contributed by atoms with Crippen molar-refractivity contribution in [2.24, 2.45) is 0 Å². The summed E-state index contributed by atoms with van der Waals surface area (Å²) in [5, 5.41) is 8.63. The zero-order valence-electron chi connectivity index (χ0n) is 6.98. The summed E-state index contributed by atoms with van der Waals surface area (Å²) in [7, 11) is 1.63. The van der Waals surface area contributed by atoms with Crippen molar-refractivity contribution in [1.82, 2.24) is 16.0 Å². The molecule has 0 saturated carbocycles. The third-order valence-corrected chi connectivity index (χ3v) is 1.91. The molecule has 4 heteroatoms. The maximum atomic E-state index is 10.8. The van der Waals surface area contributed by atoms with Gasteiger partial charge in [-0.1, -0.05) is 0 Å². The smallest absolute Gasteiger partial charge is 0.314 e. The fourth-order valence-electron chi connectivity index (χ4n) is 1.30. The zero-order chi connectivity index (χ0) is 8.27. The standard InChI is InChI=1S/C7H15N3O/c1-5-3-6(4-9-5)10-7(11)8-2/h5-6,9H,3-4H2,1-2H3,(H2,8,10,11). The lowest BCUT2D eigenvalue weighted by molar-refractivity contribution is 0.239. The Morgan fingerprint density at radius 1 is 1.64 bits per heavy atom. The quantitative estimate of drug-likeness (QED) is 0.488. The molecule has 3 N–H and O–H groups in total. The number of urea groups is 1. The Balaban J connectivity index is 2.23. The van der Waals surface area contributed by atoms with Gasteiger partial charge in [0, 0.05) is 25.7 Å². The van der Waals surface area contributed by atoms with Gasteiger partial charge in [0.05, 0.1) is 0 Å². The van der Waals surface area contributed by atoms with Crippen LogP contribution >= 0.6 is 0 Å². The highest BCUT2D eigenvalue weighted by Crippen LogP contribution is 2.04. The van der Waals surface area contributed by atoms with E-state index < -0.39 is 0 Å². The lowest BCUT2D eigenvalue weighted by atomic mass is 10.2. The van der Waals surface area contributed by atoms with E-state index in [-0.39, 0.29) is 6.03 Å². The monoisotopic (exact) mass is 157 g/mol. The maximum absolute atomic E-state index is 10.8. The van der Waals surface area contributed by atoms with Gasteiger partial charge in [-0.15, -0.1) is 0 Å². The topological polar surface area (TPSA) is 53.2 Å². The molecule has 11 heavy (non-hydrogen) atoms. The van der Waals surface area contributed by atoms with Crippen LogP contribution < -0.4 is 16.0 Å². The summed E-state index contributed by atoms with van der Waals surface area (Å²) in [5.41, 5.74) is 0. The van der Waals surface area contributed by atoms with E-state index in [1.54, 1.807) is 7.05 Å². The third-order valence-electron chi connectivity index (χ3n) is 1.91. The van der Waals surface area contributed by atoms with Crippen LogP contribution in [0.15, 0.2) is 0 Å². The highest BCUT2D eigenvalue weighted by molar-refractivity contribution is 5.73. The molecule has 64 valence electrons. The number of hydrogen-bond acceptors (Lipinski definition) is 2. The number of rotatable bonds is 1. The van der Waals surface area contributed by atoms with Crippen LogP contribution in [0.1, 0.15) is 13.3 Å². The molecule has 0 radical (unpaired) electrons. The normalized spacial score (nSPS) is 30.0. The molecule has 0 aromatic rings. The van der Waals surface area contributed by atoms with Gasteiger partial charge in [-0.05, 0) is 13.3 Å². The molecule has 1 heterocycles. The highest BCUT2D eigenvalue weighted by Gasteiger charge is 2.21. The predicted molar refractivity (Wildman–Crippen MR) is 43.5 cm³/mol. The predicted octanol–water partition coefficient (Wildman–Crippen LogP) is -0.334. The summed E-state index contributed by atoms with van der Waals surface area (Å²) < 4.78 is 0. The highest BCUT2D eigenvalue weighted by atomic mass is 16.2. The van der Waals surface area contributed by atoms with Crippen LogP contribution in [-0.2, 0) is 0 Å². The second kappa shape index (κ2) is 3.57. The Morgan fingerprint density at radius 2 is 2.36 bits per heavy atom. The van der Waals surface area contributed by atoms with Gasteiger partial charge in [0.2, 0.25) is 0 Å². The summed E-state index contributed by atoms with van der Waals surface area (Å²) in [6.07, 6.45) is 1.02. The minimum Gasteiger partial charge on any atom is -0.341 e. The second-order valence-electron chi connectivity index (χ2n) is 2.97. The van der Waals surface area contributed by atoms with Gasteiger partial charge >= 0.3 is 6.03 Å². The average Bonchev–Trinajstić information content (AvgIpc) is 2.35. The van der Waals surface area contributed by atoms with Crippen LogP contribution in [-0.4, -0.2) is 31.7 Å². The van der Waals surface area contributed by atoms with Crippen molar-refractivity contribution in [1.29, 1.82) is 0 Å². The van der Waals surface area contributed by atoms with Crippen molar-refractivity contribution in [3.05, 3.63) is 0 Å². The van der Waals surface area contributed by atoms with Gasteiger partial charge in [-0.3, -0.25) is 0 Å². The molecule has 0 spiro atoms. The third kappa shape index (κ3) is 2.38. The van der Waals surface area contributed by atoms with Crippen LogP contribution in [0.25, 0.3) is 0 Å². The van der Waals surface area contributed by atoms with Crippen LogP contribution in [0.5, 0.6) is 0 Å². The van der Waals surface area contributed by atoms with Crippen molar-refractivity contribution >= 4 is 6.03 Å². The van der Waals surface area contributed by atoms with Crippen molar-refractivity contribution in [2.45, 2.75) is 25.4 Å². The molecule has 4 nitrogen and oxygen atoms in total. The molecule has 0 aromatic heterocycles. The Labute approximate surface area is 66.7 Å². The maximum Gasteiger partial charge on any atom is 0.314 e. The lowest BCUT2D eigenvalue weighted by Crippen LogP contribution is -2.41. The number of amides is 2. The summed E-state index contributed by atoms with van der Waals surface area (Å²) in [6, 6.07) is 0.730. The molecule has 0 aromatic carbocycles. The van der Waals surface area contributed by atoms with Crippen molar-refractivity contribution in [3.8, 4) is 0 Å². The molecule has 1 rings (SSSR count). The second-order valence-corrected chi connectivity index (χ2v) is 2.97. The van der Waals surface area contributed by atoms with Crippen molar-refractivity contribution in [2.75, 3.05) is 13.6 Å². The first kappa shape index (κ1) is 8.33. The first-order valence-corrected chi connectivity index (χ1v) is 3.94. The fraction of sp³-hybridized carbons (Fsp3) is 0.857. The Bertz CT molecular complexity index is 149. The Hall–Kier alpha value is -0.770. The van der Waals surface area contributed by atoms with Gasteiger partial charge in [0.15, 0.2) is 0 Å². The van der Waals surface area contributed by atoms with E-state index in [0.717, 1.165) is 13.0 Å².